The van der Waals surface area contributed by atoms with Crippen molar-refractivity contribution in [2.75, 3.05) is 0 Å². The van der Waals surface area contributed by atoms with E-state index in [2.05, 4.69) is 164 Å². The van der Waals surface area contributed by atoms with Gasteiger partial charge in [-0.1, -0.05) is 69.6 Å². The monoisotopic (exact) mass is 755 g/mol. The Labute approximate surface area is 274 Å². The number of hydrogen-bond donors (Lipinski definition) is 0. The molecular formula is C39H38IrN4. The van der Waals surface area contributed by atoms with Gasteiger partial charge in [-0.15, -0.1) is 46.8 Å². The van der Waals surface area contributed by atoms with Gasteiger partial charge in [0.15, 0.2) is 6.04 Å². The predicted molar refractivity (Wildman–Crippen MR) is 179 cm³/mol. The normalized spacial score (nSPS) is 12.1. The van der Waals surface area contributed by atoms with Crippen molar-refractivity contribution in [1.82, 2.24) is 14.1 Å². The maximum Gasteiger partial charge on any atom is 0.494 e. The fourth-order valence-electron chi connectivity index (χ4n) is 5.69. The van der Waals surface area contributed by atoms with Crippen molar-refractivity contribution in [3.8, 4) is 11.3 Å². The third kappa shape index (κ3) is 5.84. The van der Waals surface area contributed by atoms with E-state index in [0.29, 0.717) is 12.1 Å². The number of nitrogens with zero attached hydrogens (tertiary/aromatic N) is 4. The average Bonchev–Trinajstić information content (AvgIpc) is 3.56. The van der Waals surface area contributed by atoms with Crippen molar-refractivity contribution in [3.05, 3.63) is 120 Å². The summed E-state index contributed by atoms with van der Waals surface area (Å²) in [5.41, 5.74) is 11.7. The topological polar surface area (TPSA) is 23.8 Å². The molecule has 4 nitrogen and oxygen atoms in total. The van der Waals surface area contributed by atoms with Crippen LogP contribution < -0.4 is 4.58 Å². The van der Waals surface area contributed by atoms with Crippen LogP contribution in [0, 0.1) is 32.9 Å². The SMILES string of the molecule is CC(C)n1c2ccccc2c2c[c-]c([N+]3=C=[N+](C(C)C)c4ccccc43)cc21.Cc1c[c-]c(-c2cc(C)c(C)cn2)cc1.[Ir]. The third-order valence-corrected chi connectivity index (χ3v) is 8.11. The Balaban J connectivity index is 0.000000204. The van der Waals surface area contributed by atoms with Crippen molar-refractivity contribution in [1.29, 1.82) is 0 Å². The quantitative estimate of drug-likeness (QED) is 0.130. The molecule has 0 fully saturated rings. The van der Waals surface area contributed by atoms with E-state index in [1.807, 2.05) is 12.3 Å². The Morgan fingerprint density at radius 3 is 2.16 bits per heavy atom. The molecule has 3 heterocycles. The molecule has 44 heavy (non-hydrogen) atoms. The van der Waals surface area contributed by atoms with Crippen molar-refractivity contribution >= 4 is 44.9 Å². The van der Waals surface area contributed by atoms with Crippen LogP contribution in [0.5, 0.6) is 0 Å². The predicted octanol–water partition coefficient (Wildman–Crippen LogP) is 9.72. The third-order valence-electron chi connectivity index (χ3n) is 8.11. The second kappa shape index (κ2) is 12.8. The second-order valence-corrected chi connectivity index (χ2v) is 11.9. The molecule has 0 N–H and O–H groups in total. The molecule has 6 aromatic rings. The van der Waals surface area contributed by atoms with Crippen LogP contribution in [-0.4, -0.2) is 26.2 Å². The summed E-state index contributed by atoms with van der Waals surface area (Å²) in [6.45, 7) is 15.1. The van der Waals surface area contributed by atoms with Crippen molar-refractivity contribution in [2.45, 2.75) is 60.5 Å². The van der Waals surface area contributed by atoms with Crippen molar-refractivity contribution in [2.24, 2.45) is 0 Å². The maximum absolute atomic E-state index is 4.41. The van der Waals surface area contributed by atoms with E-state index in [0.717, 1.165) is 22.6 Å². The molecule has 5 heteroatoms. The fraction of sp³-hybridized carbons (Fsp3) is 0.231. The molecule has 223 valence electrons. The van der Waals surface area contributed by atoms with Crippen LogP contribution in [0.25, 0.3) is 33.1 Å². The summed E-state index contributed by atoms with van der Waals surface area (Å²) in [6.07, 6.45) is 1.92. The van der Waals surface area contributed by atoms with Gasteiger partial charge in [-0.05, 0) is 64.3 Å². The van der Waals surface area contributed by atoms with Gasteiger partial charge in [0.1, 0.15) is 5.69 Å². The summed E-state index contributed by atoms with van der Waals surface area (Å²) in [7, 11) is 0. The van der Waals surface area contributed by atoms with Gasteiger partial charge < -0.3 is 9.55 Å². The summed E-state index contributed by atoms with van der Waals surface area (Å²) in [5.74, 6) is 0. The van der Waals surface area contributed by atoms with Crippen molar-refractivity contribution in [3.63, 3.8) is 0 Å². The van der Waals surface area contributed by atoms with Gasteiger partial charge >= 0.3 is 6.01 Å². The molecule has 1 aliphatic heterocycles. The first-order valence-electron chi connectivity index (χ1n) is 15.0. The molecule has 0 saturated carbocycles. The first-order chi connectivity index (χ1) is 20.7. The summed E-state index contributed by atoms with van der Waals surface area (Å²) >= 11 is 0. The van der Waals surface area contributed by atoms with Crippen molar-refractivity contribution < 1.29 is 24.7 Å². The summed E-state index contributed by atoms with van der Waals surface area (Å²) in [5, 5.41) is 2.54. The molecule has 7 rings (SSSR count). The number of pyridine rings is 1. The Morgan fingerprint density at radius 2 is 1.48 bits per heavy atom. The summed E-state index contributed by atoms with van der Waals surface area (Å²) in [6, 6.07) is 40.8. The van der Waals surface area contributed by atoms with Gasteiger partial charge in [0.05, 0.1) is 0 Å². The van der Waals surface area contributed by atoms with Crippen LogP contribution >= 0.6 is 0 Å². The molecule has 4 aromatic carbocycles. The van der Waals surface area contributed by atoms with E-state index >= 15 is 0 Å². The van der Waals surface area contributed by atoms with Crippen LogP contribution in [0.3, 0.4) is 0 Å². The smallest absolute Gasteiger partial charge is 0.362 e. The zero-order valence-corrected chi connectivity index (χ0v) is 28.8. The average molecular weight is 755 g/mol. The van der Waals surface area contributed by atoms with Crippen LogP contribution in [0.15, 0.2) is 91.1 Å². The molecule has 0 bridgehead atoms. The first-order valence-corrected chi connectivity index (χ1v) is 15.0. The van der Waals surface area contributed by atoms with E-state index in [1.165, 1.54) is 44.2 Å². The number of benzene rings is 4. The number of hydrogen-bond acceptors (Lipinski definition) is 1. The Bertz CT molecular complexity index is 2040. The van der Waals surface area contributed by atoms with Gasteiger partial charge in [0.2, 0.25) is 0 Å². The molecule has 0 amide bonds. The summed E-state index contributed by atoms with van der Waals surface area (Å²) in [4.78, 5) is 4.41. The number of fused-ring (bicyclic) bond motifs is 4. The maximum atomic E-state index is 4.41. The van der Waals surface area contributed by atoms with Gasteiger partial charge in [0, 0.05) is 50.0 Å². The minimum atomic E-state index is 0. The molecule has 0 spiro atoms. The summed E-state index contributed by atoms with van der Waals surface area (Å²) < 4.78 is 6.76. The first kappa shape index (κ1) is 31.3. The molecule has 1 aliphatic rings. The molecule has 2 aromatic heterocycles. The van der Waals surface area contributed by atoms with E-state index < -0.39 is 0 Å². The molecule has 0 saturated heterocycles. The zero-order chi connectivity index (χ0) is 30.2. The molecule has 0 aliphatic carbocycles. The zero-order valence-electron chi connectivity index (χ0n) is 26.4. The van der Waals surface area contributed by atoms with E-state index in [9.17, 15) is 0 Å². The van der Waals surface area contributed by atoms with Gasteiger partial charge in [0.25, 0.3) is 11.4 Å². The van der Waals surface area contributed by atoms with Crippen LogP contribution in [0.1, 0.15) is 50.4 Å². The van der Waals surface area contributed by atoms with Crippen LogP contribution in [-0.2, 0) is 20.1 Å². The molecule has 0 unspecified atom stereocenters. The number of aryl methyl sites for hydroxylation is 3. The molecule has 1 radical (unpaired) electrons. The molecular weight excluding hydrogens is 717 g/mol. The second-order valence-electron chi connectivity index (χ2n) is 11.9. The molecule has 0 atom stereocenters. The minimum absolute atomic E-state index is 0. The fourth-order valence-corrected chi connectivity index (χ4v) is 5.69. The number of para-hydroxylation sites is 3. The van der Waals surface area contributed by atoms with Crippen LogP contribution in [0.4, 0.5) is 17.1 Å². The largest absolute Gasteiger partial charge is 0.494 e. The Morgan fingerprint density at radius 1 is 0.750 bits per heavy atom. The van der Waals surface area contributed by atoms with E-state index in [4.69, 9.17) is 0 Å². The van der Waals surface area contributed by atoms with Gasteiger partial charge in [-0.2, -0.15) is 6.07 Å². The minimum Gasteiger partial charge on any atom is -0.362 e. The Hall–Kier alpha value is -4.14. The number of aromatic nitrogens is 2. The van der Waals surface area contributed by atoms with Gasteiger partial charge in [-0.3, -0.25) is 0 Å². The van der Waals surface area contributed by atoms with E-state index in [1.54, 1.807) is 0 Å². The number of rotatable bonds is 4. The van der Waals surface area contributed by atoms with Gasteiger partial charge in [-0.25, -0.2) is 0 Å². The Kier molecular flexibility index (Phi) is 9.13. The standard InChI is InChI=1S/C25H24N3.C14H14N.Ir/c1-17(2)26-16-27(24-12-8-7-11-23(24)26)19-13-14-21-20-9-5-6-10-22(20)28(18(3)4)25(21)15-19;1-10-4-6-13(7-5-10)14-8-11(2)12(3)9-15-14;/h5-12,14-15,17-18H,1-4H3;4-6,8-9H,1-3H3;/q+1;-1;. The van der Waals surface area contributed by atoms with E-state index in [-0.39, 0.29) is 20.1 Å². The van der Waals surface area contributed by atoms with Crippen LogP contribution in [0.2, 0.25) is 0 Å².